The molecule has 3 heterocycles. The average Bonchev–Trinajstić information content (AvgIpc) is 3.38. The summed E-state index contributed by atoms with van der Waals surface area (Å²) in [5.74, 6) is 1.78. The van der Waals surface area contributed by atoms with Crippen LogP contribution in [0.1, 0.15) is 24.2 Å². The van der Waals surface area contributed by atoms with Gasteiger partial charge in [-0.15, -0.1) is 0 Å². The highest BCUT2D eigenvalue weighted by atomic mass is 79.9. The van der Waals surface area contributed by atoms with Gasteiger partial charge in [0.05, 0.1) is 19.2 Å². The van der Waals surface area contributed by atoms with E-state index >= 15 is 0 Å². The molecule has 0 spiro atoms. The number of hydrogen-bond acceptors (Lipinski definition) is 5. The molecule has 1 saturated heterocycles. The molecule has 4 rings (SSSR count). The second kappa shape index (κ2) is 8.26. The molecule has 148 valence electrons. The minimum Gasteiger partial charge on any atom is -0.486 e. The zero-order valence-electron chi connectivity index (χ0n) is 15.3. The van der Waals surface area contributed by atoms with Gasteiger partial charge in [0.2, 0.25) is 11.8 Å². The van der Waals surface area contributed by atoms with Crippen molar-refractivity contribution >= 4 is 27.7 Å². The van der Waals surface area contributed by atoms with Gasteiger partial charge in [-0.25, -0.2) is 0 Å². The number of nitrogens with one attached hydrogen (secondary N) is 1. The van der Waals surface area contributed by atoms with Crippen LogP contribution in [0.2, 0.25) is 0 Å². The zero-order valence-corrected chi connectivity index (χ0v) is 16.9. The summed E-state index contributed by atoms with van der Waals surface area (Å²) in [7, 11) is 0. The quantitative estimate of drug-likeness (QED) is 0.760. The molecule has 0 bridgehead atoms. The van der Waals surface area contributed by atoms with Crippen molar-refractivity contribution in [2.24, 2.45) is 0 Å². The molecule has 8 heteroatoms. The normalized spacial score (nSPS) is 18.2. The van der Waals surface area contributed by atoms with Crippen LogP contribution >= 0.6 is 15.9 Å². The number of likely N-dealkylation sites (tertiary alicyclic amines) is 1. The van der Waals surface area contributed by atoms with E-state index in [0.29, 0.717) is 50.0 Å². The van der Waals surface area contributed by atoms with Gasteiger partial charge in [0.1, 0.15) is 25.0 Å². The number of ether oxygens (including phenoxy) is 2. The molecule has 1 fully saturated rings. The lowest BCUT2D eigenvalue weighted by atomic mass is 10.1. The zero-order chi connectivity index (χ0) is 19.5. The van der Waals surface area contributed by atoms with Crippen LogP contribution in [0.25, 0.3) is 0 Å². The van der Waals surface area contributed by atoms with Gasteiger partial charge in [-0.2, -0.15) is 0 Å². The smallest absolute Gasteiger partial charge is 0.243 e. The number of amides is 2. The Morgan fingerprint density at radius 1 is 1.21 bits per heavy atom. The fraction of sp³-hybridized carbons (Fsp3) is 0.400. The van der Waals surface area contributed by atoms with Crippen molar-refractivity contribution in [3.05, 3.63) is 46.3 Å². The molecule has 0 saturated carbocycles. The molecule has 2 aromatic rings. The first-order valence-corrected chi connectivity index (χ1v) is 10.1. The summed E-state index contributed by atoms with van der Waals surface area (Å²) in [5.41, 5.74) is 0.816. The van der Waals surface area contributed by atoms with Gasteiger partial charge in [0.25, 0.3) is 0 Å². The first kappa shape index (κ1) is 18.9. The number of fused-ring (bicyclic) bond motifs is 1. The molecule has 2 aliphatic rings. The Bertz CT molecular complexity index is 868. The number of carbonyl (C=O) groups is 2. The lowest BCUT2D eigenvalue weighted by Crippen LogP contribution is -2.46. The number of nitrogens with zero attached hydrogens (tertiary/aromatic N) is 1. The molecule has 0 aliphatic carbocycles. The summed E-state index contributed by atoms with van der Waals surface area (Å²) in [6, 6.07) is 6.79. The highest BCUT2D eigenvalue weighted by molar-refractivity contribution is 9.10. The topological polar surface area (TPSA) is 81.0 Å². The molecule has 1 atom stereocenters. The predicted molar refractivity (Wildman–Crippen MR) is 104 cm³/mol. The first-order valence-electron chi connectivity index (χ1n) is 9.29. The third-order valence-electron chi connectivity index (χ3n) is 4.95. The number of halogens is 1. The maximum Gasteiger partial charge on any atom is 0.243 e. The van der Waals surface area contributed by atoms with Crippen LogP contribution in [0.4, 0.5) is 0 Å². The van der Waals surface area contributed by atoms with Gasteiger partial charge in [-0.3, -0.25) is 9.59 Å². The van der Waals surface area contributed by atoms with Crippen molar-refractivity contribution in [3.8, 4) is 11.5 Å². The van der Waals surface area contributed by atoms with Crippen LogP contribution in [-0.2, 0) is 22.6 Å². The average molecular weight is 449 g/mol. The highest BCUT2D eigenvalue weighted by Crippen LogP contribution is 2.36. The SMILES string of the molecule is O=C(NCc1ccco1)C1CCCN1C(=O)Cc1cc2c(cc1Br)OCCO2. The summed E-state index contributed by atoms with van der Waals surface area (Å²) in [6.07, 6.45) is 3.24. The molecule has 0 radical (unpaired) electrons. The Balaban J connectivity index is 1.41. The number of carbonyl (C=O) groups excluding carboxylic acids is 2. The van der Waals surface area contributed by atoms with E-state index in [1.54, 1.807) is 23.3 Å². The molecule has 7 nitrogen and oxygen atoms in total. The molecular formula is C20H21BrN2O5. The van der Waals surface area contributed by atoms with Crippen molar-refractivity contribution in [1.82, 2.24) is 10.2 Å². The van der Waals surface area contributed by atoms with Gasteiger partial charge < -0.3 is 24.1 Å². The van der Waals surface area contributed by atoms with Gasteiger partial charge in [0.15, 0.2) is 11.5 Å². The summed E-state index contributed by atoms with van der Waals surface area (Å²) in [5, 5.41) is 2.86. The van der Waals surface area contributed by atoms with Crippen molar-refractivity contribution in [1.29, 1.82) is 0 Å². The van der Waals surface area contributed by atoms with Gasteiger partial charge in [0, 0.05) is 11.0 Å². The largest absolute Gasteiger partial charge is 0.486 e. The minimum atomic E-state index is -0.446. The molecular weight excluding hydrogens is 428 g/mol. The molecule has 1 unspecified atom stereocenters. The van der Waals surface area contributed by atoms with Gasteiger partial charge >= 0.3 is 0 Å². The van der Waals surface area contributed by atoms with E-state index in [0.717, 1.165) is 16.5 Å². The maximum absolute atomic E-state index is 12.9. The van der Waals surface area contributed by atoms with E-state index in [-0.39, 0.29) is 18.2 Å². The highest BCUT2D eigenvalue weighted by Gasteiger charge is 2.34. The second-order valence-electron chi connectivity index (χ2n) is 6.81. The van der Waals surface area contributed by atoms with Crippen LogP contribution in [0, 0.1) is 0 Å². The van der Waals surface area contributed by atoms with Crippen molar-refractivity contribution in [2.75, 3.05) is 19.8 Å². The van der Waals surface area contributed by atoms with Gasteiger partial charge in [-0.05, 0) is 42.7 Å². The van der Waals surface area contributed by atoms with Crippen molar-refractivity contribution < 1.29 is 23.5 Å². The van der Waals surface area contributed by atoms with Crippen molar-refractivity contribution in [3.63, 3.8) is 0 Å². The van der Waals surface area contributed by atoms with Crippen LogP contribution in [0.3, 0.4) is 0 Å². The van der Waals surface area contributed by atoms with Gasteiger partial charge in [-0.1, -0.05) is 15.9 Å². The van der Waals surface area contributed by atoms with Crippen molar-refractivity contribution in [2.45, 2.75) is 31.8 Å². The summed E-state index contributed by atoms with van der Waals surface area (Å²) in [6.45, 7) is 1.91. The Labute approximate surface area is 171 Å². The molecule has 1 aromatic carbocycles. The Morgan fingerprint density at radius 2 is 2.00 bits per heavy atom. The summed E-state index contributed by atoms with van der Waals surface area (Å²) >= 11 is 3.51. The van der Waals surface area contributed by atoms with Crippen LogP contribution < -0.4 is 14.8 Å². The number of furan rings is 1. The molecule has 1 aromatic heterocycles. The molecule has 1 N–H and O–H groups in total. The number of benzene rings is 1. The maximum atomic E-state index is 12.9. The molecule has 2 amide bonds. The van der Waals surface area contributed by atoms with Crippen LogP contribution in [0.15, 0.2) is 39.4 Å². The fourth-order valence-corrected chi connectivity index (χ4v) is 4.01. The number of hydrogen-bond donors (Lipinski definition) is 1. The second-order valence-corrected chi connectivity index (χ2v) is 7.66. The number of rotatable bonds is 5. The van der Waals surface area contributed by atoms with E-state index in [9.17, 15) is 9.59 Å². The van der Waals surface area contributed by atoms with E-state index in [1.807, 2.05) is 12.1 Å². The van der Waals surface area contributed by atoms with E-state index in [1.165, 1.54) is 0 Å². The standard InChI is InChI=1S/C20H21BrN2O5/c21-15-11-18-17(27-7-8-28-18)9-13(15)10-19(24)23-5-1-4-16(23)20(25)22-12-14-3-2-6-26-14/h2-3,6,9,11,16H,1,4-5,7-8,10,12H2,(H,22,25). The summed E-state index contributed by atoms with van der Waals surface area (Å²) < 4.78 is 17.2. The summed E-state index contributed by atoms with van der Waals surface area (Å²) in [4.78, 5) is 27.2. The van der Waals surface area contributed by atoms with Crippen LogP contribution in [-0.4, -0.2) is 42.5 Å². The molecule has 2 aliphatic heterocycles. The molecule has 28 heavy (non-hydrogen) atoms. The Morgan fingerprint density at radius 3 is 2.75 bits per heavy atom. The first-order chi connectivity index (χ1) is 13.6. The van der Waals surface area contributed by atoms with E-state index in [4.69, 9.17) is 13.9 Å². The third-order valence-corrected chi connectivity index (χ3v) is 5.68. The minimum absolute atomic E-state index is 0.0759. The predicted octanol–water partition coefficient (Wildman–Crippen LogP) is 2.66. The monoisotopic (exact) mass is 448 g/mol. The Kier molecular flexibility index (Phi) is 5.57. The van der Waals surface area contributed by atoms with E-state index in [2.05, 4.69) is 21.2 Å². The third kappa shape index (κ3) is 4.01. The lowest BCUT2D eigenvalue weighted by Gasteiger charge is -2.25. The lowest BCUT2D eigenvalue weighted by molar-refractivity contribution is -0.138. The Hall–Kier alpha value is -2.48. The van der Waals surface area contributed by atoms with Crippen LogP contribution in [0.5, 0.6) is 11.5 Å². The fourth-order valence-electron chi connectivity index (χ4n) is 3.55. The van der Waals surface area contributed by atoms with E-state index < -0.39 is 6.04 Å².